The Morgan fingerprint density at radius 2 is 1.79 bits per heavy atom. The molecule has 4 aliphatic carbocycles. The lowest BCUT2D eigenvalue weighted by molar-refractivity contribution is -0.145. The minimum absolute atomic E-state index is 0.0142. The van der Waals surface area contributed by atoms with E-state index in [9.17, 15) is 4.79 Å². The second-order valence-corrected chi connectivity index (χ2v) is 10.8. The van der Waals surface area contributed by atoms with Crippen LogP contribution in [-0.4, -0.2) is 11.9 Å². The third-order valence-electron chi connectivity index (χ3n) is 9.66. The maximum atomic E-state index is 12.6. The minimum atomic E-state index is 0.0142. The van der Waals surface area contributed by atoms with E-state index in [1.54, 1.807) is 0 Å². The average molecular weight is 381 g/mol. The fourth-order valence-electron chi connectivity index (χ4n) is 7.93. The highest BCUT2D eigenvalue weighted by atomic mass is 16.5. The van der Waals surface area contributed by atoms with Crippen molar-refractivity contribution in [3.63, 3.8) is 0 Å². The molecule has 0 aromatic heterocycles. The molecule has 4 fully saturated rings. The van der Waals surface area contributed by atoms with Gasteiger partial charge in [-0.1, -0.05) is 44.2 Å². The number of benzene rings is 1. The molecular weight excluding hydrogens is 344 g/mol. The fraction of sp³-hybridized carbons (Fsp3) is 0.731. The summed E-state index contributed by atoms with van der Waals surface area (Å²) in [4.78, 5) is 12.6. The number of hydrogen-bond donors (Lipinski definition) is 0. The third-order valence-corrected chi connectivity index (χ3v) is 9.66. The topological polar surface area (TPSA) is 26.3 Å². The van der Waals surface area contributed by atoms with Gasteiger partial charge < -0.3 is 4.74 Å². The Balaban J connectivity index is 1.27. The molecule has 0 bridgehead atoms. The van der Waals surface area contributed by atoms with Crippen molar-refractivity contribution in [2.75, 3.05) is 0 Å². The molecule has 0 heterocycles. The maximum Gasteiger partial charge on any atom is 0.139 e. The van der Waals surface area contributed by atoms with Crippen molar-refractivity contribution >= 4 is 5.78 Å². The van der Waals surface area contributed by atoms with E-state index in [1.807, 2.05) is 0 Å². The fourth-order valence-corrected chi connectivity index (χ4v) is 7.93. The van der Waals surface area contributed by atoms with Crippen LogP contribution in [0.15, 0.2) is 30.3 Å². The van der Waals surface area contributed by atoms with Gasteiger partial charge in [-0.25, -0.2) is 0 Å². The monoisotopic (exact) mass is 380 g/mol. The third kappa shape index (κ3) is 2.90. The van der Waals surface area contributed by atoms with Gasteiger partial charge in [0, 0.05) is 11.8 Å². The van der Waals surface area contributed by atoms with E-state index < -0.39 is 0 Å². The predicted molar refractivity (Wildman–Crippen MR) is 112 cm³/mol. The van der Waals surface area contributed by atoms with Crippen LogP contribution in [0.3, 0.4) is 0 Å². The Hall–Kier alpha value is -1.15. The number of Topliss-reactive ketones (excluding diaryl/α,β-unsaturated/α-hetero) is 1. The first-order valence-corrected chi connectivity index (χ1v) is 11.7. The van der Waals surface area contributed by atoms with Gasteiger partial charge in [0.15, 0.2) is 0 Å². The van der Waals surface area contributed by atoms with Crippen molar-refractivity contribution in [3.8, 4) is 0 Å². The zero-order valence-electron chi connectivity index (χ0n) is 17.7. The average Bonchev–Trinajstić information content (AvgIpc) is 3.02. The Morgan fingerprint density at radius 1 is 0.964 bits per heavy atom. The van der Waals surface area contributed by atoms with Gasteiger partial charge in [0.25, 0.3) is 0 Å². The van der Waals surface area contributed by atoms with Crippen LogP contribution in [-0.2, 0) is 16.1 Å². The maximum absolute atomic E-state index is 12.6. The predicted octanol–water partition coefficient (Wildman–Crippen LogP) is 6.18. The largest absolute Gasteiger partial charge is 0.374 e. The van der Waals surface area contributed by atoms with Crippen molar-refractivity contribution < 1.29 is 9.53 Å². The Bertz CT molecular complexity index is 727. The van der Waals surface area contributed by atoms with Crippen LogP contribution >= 0.6 is 0 Å². The zero-order chi connectivity index (χ0) is 19.4. The van der Waals surface area contributed by atoms with Crippen LogP contribution in [0.1, 0.15) is 77.2 Å². The summed E-state index contributed by atoms with van der Waals surface area (Å²) in [6.45, 7) is 5.65. The normalized spacial score (nSPS) is 45.2. The van der Waals surface area contributed by atoms with Crippen molar-refractivity contribution in [2.45, 2.75) is 84.3 Å². The molecule has 0 amide bonds. The molecule has 28 heavy (non-hydrogen) atoms. The van der Waals surface area contributed by atoms with Crippen molar-refractivity contribution in [2.24, 2.45) is 34.5 Å². The van der Waals surface area contributed by atoms with Gasteiger partial charge in [-0.05, 0) is 86.0 Å². The number of fused-ring (bicyclic) bond motifs is 5. The zero-order valence-corrected chi connectivity index (χ0v) is 17.7. The second kappa shape index (κ2) is 6.97. The molecule has 1 aromatic rings. The lowest BCUT2D eigenvalue weighted by Crippen LogP contribution is -2.54. The molecule has 4 aliphatic rings. The molecule has 0 radical (unpaired) electrons. The van der Waals surface area contributed by atoms with Crippen LogP contribution in [0.5, 0.6) is 0 Å². The van der Waals surface area contributed by atoms with E-state index in [-0.39, 0.29) is 5.41 Å². The van der Waals surface area contributed by atoms with Gasteiger partial charge in [-0.3, -0.25) is 4.79 Å². The highest BCUT2D eigenvalue weighted by molar-refractivity contribution is 5.87. The molecule has 5 rings (SSSR count). The molecule has 0 unspecified atom stereocenters. The van der Waals surface area contributed by atoms with Gasteiger partial charge in [0.05, 0.1) is 12.7 Å². The molecule has 0 saturated heterocycles. The summed E-state index contributed by atoms with van der Waals surface area (Å²) < 4.78 is 6.35. The van der Waals surface area contributed by atoms with E-state index in [0.717, 1.165) is 37.2 Å². The van der Waals surface area contributed by atoms with Crippen molar-refractivity contribution in [3.05, 3.63) is 35.9 Å². The molecule has 2 heteroatoms. The standard InChI is InChI=1S/C26H36O2/c1-25-14-12-20(28-17-18-6-4-3-5-7-18)16-19(25)8-9-21-22-10-11-24(27)26(22,2)15-13-23(21)25/h3-7,19-23H,8-17H2,1-2H3/t19-,20-,21+,22-,23+,25-,26-/m0/s1. The van der Waals surface area contributed by atoms with Gasteiger partial charge in [0.1, 0.15) is 5.78 Å². The molecule has 0 N–H and O–H groups in total. The molecule has 4 saturated carbocycles. The van der Waals surface area contributed by atoms with Crippen LogP contribution in [0.4, 0.5) is 0 Å². The summed E-state index contributed by atoms with van der Waals surface area (Å²) in [6, 6.07) is 10.6. The first-order valence-electron chi connectivity index (χ1n) is 11.7. The number of carbonyl (C=O) groups excluding carboxylic acids is 1. The van der Waals surface area contributed by atoms with Crippen molar-refractivity contribution in [1.29, 1.82) is 0 Å². The van der Waals surface area contributed by atoms with Gasteiger partial charge in [-0.15, -0.1) is 0 Å². The summed E-state index contributed by atoms with van der Waals surface area (Å²) in [5, 5.41) is 0. The van der Waals surface area contributed by atoms with E-state index >= 15 is 0 Å². The van der Waals surface area contributed by atoms with E-state index in [0.29, 0.717) is 23.2 Å². The molecule has 0 spiro atoms. The quantitative estimate of drug-likeness (QED) is 0.625. The van der Waals surface area contributed by atoms with Gasteiger partial charge >= 0.3 is 0 Å². The first kappa shape index (κ1) is 18.9. The first-order chi connectivity index (χ1) is 13.5. The van der Waals surface area contributed by atoms with Gasteiger partial charge in [0.2, 0.25) is 0 Å². The van der Waals surface area contributed by atoms with Crippen LogP contribution < -0.4 is 0 Å². The summed E-state index contributed by atoms with van der Waals surface area (Å²) in [5.74, 6) is 3.69. The van der Waals surface area contributed by atoms with Crippen LogP contribution in [0.2, 0.25) is 0 Å². The smallest absolute Gasteiger partial charge is 0.139 e. The molecular formula is C26H36O2. The van der Waals surface area contributed by atoms with Crippen LogP contribution in [0, 0.1) is 34.5 Å². The highest BCUT2D eigenvalue weighted by Gasteiger charge is 2.60. The summed E-state index contributed by atoms with van der Waals surface area (Å²) >= 11 is 0. The van der Waals surface area contributed by atoms with Crippen LogP contribution in [0.25, 0.3) is 0 Å². The Kier molecular flexibility index (Phi) is 4.69. The summed E-state index contributed by atoms with van der Waals surface area (Å²) in [5.41, 5.74) is 1.78. The number of ether oxygens (including phenoxy) is 1. The number of rotatable bonds is 3. The second-order valence-electron chi connectivity index (χ2n) is 10.8. The molecule has 0 aliphatic heterocycles. The van der Waals surface area contributed by atoms with E-state index in [1.165, 1.54) is 50.5 Å². The number of carbonyl (C=O) groups is 1. The van der Waals surface area contributed by atoms with Crippen molar-refractivity contribution in [1.82, 2.24) is 0 Å². The van der Waals surface area contributed by atoms with E-state index in [2.05, 4.69) is 44.2 Å². The highest BCUT2D eigenvalue weighted by Crippen LogP contribution is 2.65. The van der Waals surface area contributed by atoms with E-state index in [4.69, 9.17) is 4.74 Å². The summed E-state index contributed by atoms with van der Waals surface area (Å²) in [6.07, 6.45) is 11.3. The Labute approximate surface area is 170 Å². The summed E-state index contributed by atoms with van der Waals surface area (Å²) in [7, 11) is 0. The molecule has 1 aromatic carbocycles. The number of hydrogen-bond acceptors (Lipinski definition) is 2. The Morgan fingerprint density at radius 3 is 2.61 bits per heavy atom. The lowest BCUT2D eigenvalue weighted by atomic mass is 9.45. The molecule has 152 valence electrons. The van der Waals surface area contributed by atoms with Gasteiger partial charge in [-0.2, -0.15) is 0 Å². The minimum Gasteiger partial charge on any atom is -0.374 e. The SMILES string of the molecule is C[C@]12CC[C@H](OCc3ccccc3)C[C@@H]1CC[C@H]1[C@H]2CC[C@]2(C)C(=O)CC[C@@H]12. The number of ketones is 1. The molecule has 2 nitrogen and oxygen atoms in total. The molecule has 7 atom stereocenters. The lowest BCUT2D eigenvalue weighted by Gasteiger charge is -2.60.